The summed E-state index contributed by atoms with van der Waals surface area (Å²) in [5.41, 5.74) is 6.82. The van der Waals surface area contributed by atoms with Crippen LogP contribution in [-0.4, -0.2) is 21.9 Å². The largest absolute Gasteiger partial charge is 0.271 e. The Bertz CT molecular complexity index is 1010. The van der Waals surface area contributed by atoms with E-state index in [0.29, 0.717) is 22.2 Å². The van der Waals surface area contributed by atoms with Crippen molar-refractivity contribution in [3.8, 4) is 0 Å². The van der Waals surface area contributed by atoms with Gasteiger partial charge in [-0.15, -0.1) is 0 Å². The molecule has 1 aromatic heterocycles. The van der Waals surface area contributed by atoms with Gasteiger partial charge in [-0.3, -0.25) is 9.48 Å². The maximum Gasteiger partial charge on any atom is 0.271 e. The predicted octanol–water partition coefficient (Wildman–Crippen LogP) is 4.62. The molecule has 5 nitrogen and oxygen atoms in total. The van der Waals surface area contributed by atoms with Gasteiger partial charge in [-0.05, 0) is 55.3 Å². The van der Waals surface area contributed by atoms with Gasteiger partial charge in [0.2, 0.25) is 0 Å². The second kappa shape index (κ2) is 8.37. The molecule has 1 heterocycles. The number of hydrazone groups is 1. The molecular weight excluding hydrogens is 383 g/mol. The van der Waals surface area contributed by atoms with Crippen LogP contribution in [0.5, 0.6) is 0 Å². The third kappa shape index (κ3) is 4.96. The lowest BCUT2D eigenvalue weighted by Gasteiger charge is -2.07. The lowest BCUT2D eigenvalue weighted by atomic mass is 10.1. The van der Waals surface area contributed by atoms with Gasteiger partial charge in [-0.1, -0.05) is 41.4 Å². The zero-order valence-electron chi connectivity index (χ0n) is 14.9. The first-order chi connectivity index (χ1) is 12.9. The minimum absolute atomic E-state index is 0.290. The van der Waals surface area contributed by atoms with Crippen LogP contribution in [0.3, 0.4) is 0 Å². The van der Waals surface area contributed by atoms with Gasteiger partial charge in [-0.25, -0.2) is 5.43 Å². The van der Waals surface area contributed by atoms with Crippen LogP contribution in [0.15, 0.2) is 53.6 Å². The van der Waals surface area contributed by atoms with E-state index in [-0.39, 0.29) is 5.91 Å². The fraction of sp³-hybridized carbons (Fsp3) is 0.150. The second-order valence-electron chi connectivity index (χ2n) is 6.16. The zero-order chi connectivity index (χ0) is 19.4. The van der Waals surface area contributed by atoms with Crippen LogP contribution in [0.2, 0.25) is 10.0 Å². The molecule has 0 atom stereocenters. The predicted molar refractivity (Wildman–Crippen MR) is 109 cm³/mol. The monoisotopic (exact) mass is 400 g/mol. The van der Waals surface area contributed by atoms with Crippen molar-refractivity contribution >= 4 is 35.3 Å². The number of halogens is 2. The molecule has 0 saturated heterocycles. The van der Waals surface area contributed by atoms with Crippen molar-refractivity contribution in [1.29, 1.82) is 0 Å². The number of amides is 1. The van der Waals surface area contributed by atoms with Gasteiger partial charge in [0, 0.05) is 11.3 Å². The highest BCUT2D eigenvalue weighted by molar-refractivity contribution is 6.42. The number of nitrogens with one attached hydrogen (secondary N) is 1. The first-order valence-electron chi connectivity index (χ1n) is 8.31. The molecule has 0 fully saturated rings. The Labute approximate surface area is 167 Å². The van der Waals surface area contributed by atoms with Crippen molar-refractivity contribution in [1.82, 2.24) is 15.2 Å². The summed E-state index contributed by atoms with van der Waals surface area (Å²) in [4.78, 5) is 12.3. The summed E-state index contributed by atoms with van der Waals surface area (Å²) in [6.07, 6.45) is 1.51. The van der Waals surface area contributed by atoms with E-state index >= 15 is 0 Å². The average molecular weight is 401 g/mol. The van der Waals surface area contributed by atoms with Gasteiger partial charge in [-0.2, -0.15) is 10.2 Å². The first-order valence-corrected chi connectivity index (χ1v) is 9.06. The second-order valence-corrected chi connectivity index (χ2v) is 6.97. The van der Waals surface area contributed by atoms with Crippen LogP contribution in [0, 0.1) is 13.8 Å². The Hall–Kier alpha value is -2.63. The summed E-state index contributed by atoms with van der Waals surface area (Å²) < 4.78 is 1.91. The van der Waals surface area contributed by atoms with Crippen LogP contribution < -0.4 is 5.43 Å². The number of carbonyl (C=O) groups is 1. The highest BCUT2D eigenvalue weighted by Crippen LogP contribution is 2.21. The lowest BCUT2D eigenvalue weighted by molar-refractivity contribution is 0.0955. The molecule has 7 heteroatoms. The van der Waals surface area contributed by atoms with Crippen LogP contribution >= 0.6 is 23.2 Å². The van der Waals surface area contributed by atoms with E-state index < -0.39 is 0 Å². The number of aryl methyl sites for hydroxylation is 2. The van der Waals surface area contributed by atoms with E-state index in [1.807, 2.05) is 42.8 Å². The van der Waals surface area contributed by atoms with E-state index in [1.165, 1.54) is 6.21 Å². The van der Waals surface area contributed by atoms with Gasteiger partial charge >= 0.3 is 0 Å². The van der Waals surface area contributed by atoms with Crippen molar-refractivity contribution in [2.24, 2.45) is 5.10 Å². The van der Waals surface area contributed by atoms with Gasteiger partial charge in [0.05, 0.1) is 28.5 Å². The topological polar surface area (TPSA) is 59.3 Å². The maximum absolute atomic E-state index is 12.3. The summed E-state index contributed by atoms with van der Waals surface area (Å²) >= 11 is 11.8. The minimum atomic E-state index is -0.290. The number of aromatic nitrogens is 2. The van der Waals surface area contributed by atoms with Crippen LogP contribution in [0.25, 0.3) is 0 Å². The molecular formula is C20H18Cl2N4O. The molecule has 0 aliphatic rings. The number of nitrogens with zero attached hydrogens (tertiary/aromatic N) is 3. The molecule has 2 aromatic carbocycles. The summed E-state index contributed by atoms with van der Waals surface area (Å²) in [5.74, 6) is -0.290. The molecule has 0 unspecified atom stereocenters. The molecule has 3 rings (SSSR count). The van der Waals surface area contributed by atoms with E-state index in [0.717, 1.165) is 22.5 Å². The van der Waals surface area contributed by atoms with Crippen LogP contribution in [0.1, 0.15) is 32.9 Å². The molecule has 0 aliphatic carbocycles. The van der Waals surface area contributed by atoms with Crippen molar-refractivity contribution in [3.63, 3.8) is 0 Å². The molecule has 3 aromatic rings. The number of hydrogen-bond donors (Lipinski definition) is 1. The standard InChI is InChI=1S/C20H18Cl2N4O/c1-13-8-14(2)26(25-13)12-16-4-3-5-17(9-16)20(27)24-23-11-15-6-7-18(21)19(22)10-15/h3-11H,12H2,1-2H3,(H,24,27)/b23-11-. The number of benzene rings is 2. The summed E-state index contributed by atoms with van der Waals surface area (Å²) in [5, 5.41) is 9.33. The SMILES string of the molecule is Cc1cc(C)n(Cc2cccc(C(=O)N/N=C\c3ccc(Cl)c(Cl)c3)c2)n1. The smallest absolute Gasteiger partial charge is 0.267 e. The summed E-state index contributed by atoms with van der Waals surface area (Å²) in [6, 6.07) is 14.5. The number of hydrogen-bond acceptors (Lipinski definition) is 3. The van der Waals surface area contributed by atoms with Crippen molar-refractivity contribution < 1.29 is 4.79 Å². The molecule has 0 spiro atoms. The maximum atomic E-state index is 12.3. The number of carbonyl (C=O) groups excluding carboxylic acids is 1. The van der Waals surface area contributed by atoms with Gasteiger partial charge < -0.3 is 0 Å². The molecule has 138 valence electrons. The molecule has 0 saturated carbocycles. The summed E-state index contributed by atoms with van der Waals surface area (Å²) in [7, 11) is 0. The molecule has 1 amide bonds. The normalized spacial score (nSPS) is 11.1. The third-order valence-corrected chi connectivity index (χ3v) is 4.69. The van der Waals surface area contributed by atoms with Crippen molar-refractivity contribution in [2.75, 3.05) is 0 Å². The van der Waals surface area contributed by atoms with Gasteiger partial charge in [0.1, 0.15) is 0 Å². The molecule has 0 radical (unpaired) electrons. The lowest BCUT2D eigenvalue weighted by Crippen LogP contribution is -2.18. The number of rotatable bonds is 5. The Kier molecular flexibility index (Phi) is 5.94. The van der Waals surface area contributed by atoms with Crippen molar-refractivity contribution in [2.45, 2.75) is 20.4 Å². The fourth-order valence-corrected chi connectivity index (χ4v) is 2.95. The first kappa shape index (κ1) is 19.1. The quantitative estimate of drug-likeness (QED) is 0.501. The molecule has 27 heavy (non-hydrogen) atoms. The molecule has 0 bridgehead atoms. The third-order valence-electron chi connectivity index (χ3n) is 3.95. The van der Waals surface area contributed by atoms with E-state index in [1.54, 1.807) is 24.3 Å². The van der Waals surface area contributed by atoms with Crippen LogP contribution in [-0.2, 0) is 6.54 Å². The Morgan fingerprint density at radius 1 is 1.15 bits per heavy atom. The van der Waals surface area contributed by atoms with Crippen LogP contribution in [0.4, 0.5) is 0 Å². The Morgan fingerprint density at radius 3 is 2.67 bits per heavy atom. The Balaban J connectivity index is 1.67. The molecule has 1 N–H and O–H groups in total. The van der Waals surface area contributed by atoms with E-state index in [9.17, 15) is 4.79 Å². The highest BCUT2D eigenvalue weighted by Gasteiger charge is 2.07. The minimum Gasteiger partial charge on any atom is -0.267 e. The van der Waals surface area contributed by atoms with E-state index in [4.69, 9.17) is 23.2 Å². The van der Waals surface area contributed by atoms with Crippen molar-refractivity contribution in [3.05, 3.63) is 86.7 Å². The Morgan fingerprint density at radius 2 is 1.96 bits per heavy atom. The average Bonchev–Trinajstić information content (AvgIpc) is 2.95. The zero-order valence-corrected chi connectivity index (χ0v) is 16.4. The van der Waals surface area contributed by atoms with E-state index in [2.05, 4.69) is 15.6 Å². The summed E-state index contributed by atoms with van der Waals surface area (Å²) in [6.45, 7) is 4.57. The highest BCUT2D eigenvalue weighted by atomic mass is 35.5. The van der Waals surface area contributed by atoms with Gasteiger partial charge in [0.25, 0.3) is 5.91 Å². The molecule has 0 aliphatic heterocycles. The fourth-order valence-electron chi connectivity index (χ4n) is 2.64. The van der Waals surface area contributed by atoms with Gasteiger partial charge in [0.15, 0.2) is 0 Å².